The minimum atomic E-state index is -0.935. The van der Waals surface area contributed by atoms with Crippen LogP contribution in [0.25, 0.3) is 0 Å². The Hall–Kier alpha value is -1.84. The van der Waals surface area contributed by atoms with Crippen molar-refractivity contribution in [2.45, 2.75) is 52.4 Å². The van der Waals surface area contributed by atoms with Crippen LogP contribution in [0, 0.1) is 5.92 Å². The summed E-state index contributed by atoms with van der Waals surface area (Å²) in [6.45, 7) is 7.45. The number of carbonyl (C=O) groups is 2. The van der Waals surface area contributed by atoms with Gasteiger partial charge in [-0.1, -0.05) is 32.0 Å². The van der Waals surface area contributed by atoms with Crippen molar-refractivity contribution in [2.24, 2.45) is 5.92 Å². The van der Waals surface area contributed by atoms with Crippen molar-refractivity contribution in [3.8, 4) is 0 Å². The van der Waals surface area contributed by atoms with Crippen LogP contribution in [0.1, 0.15) is 62.6 Å². The van der Waals surface area contributed by atoms with E-state index < -0.39 is 23.8 Å². The van der Waals surface area contributed by atoms with Gasteiger partial charge < -0.3 is 10.2 Å². The Bertz CT molecular complexity index is 520. The maximum Gasteiger partial charge on any atom is 0.310 e. The second kappa shape index (κ2) is 7.25. The van der Waals surface area contributed by atoms with E-state index >= 15 is 0 Å². The summed E-state index contributed by atoms with van der Waals surface area (Å²) in [7, 11) is 0. The molecule has 116 valence electrons. The molecule has 1 aromatic rings. The quantitative estimate of drug-likeness (QED) is 0.804. The first-order valence-electron chi connectivity index (χ1n) is 7.33. The Kier molecular flexibility index (Phi) is 5.94. The highest BCUT2D eigenvalue weighted by molar-refractivity contribution is 5.80. The fourth-order valence-corrected chi connectivity index (χ4v) is 2.46. The van der Waals surface area contributed by atoms with Gasteiger partial charge in [0.15, 0.2) is 0 Å². The van der Waals surface area contributed by atoms with Gasteiger partial charge in [-0.3, -0.25) is 9.59 Å². The van der Waals surface area contributed by atoms with Gasteiger partial charge >= 0.3 is 11.9 Å². The van der Waals surface area contributed by atoms with Crippen LogP contribution in [0.15, 0.2) is 18.2 Å². The summed E-state index contributed by atoms with van der Waals surface area (Å²) in [5, 5.41) is 18.6. The van der Waals surface area contributed by atoms with Crippen LogP contribution >= 0.6 is 0 Å². The van der Waals surface area contributed by atoms with Crippen molar-refractivity contribution in [1.82, 2.24) is 0 Å². The van der Waals surface area contributed by atoms with Crippen molar-refractivity contribution in [2.75, 3.05) is 0 Å². The molecule has 0 aliphatic rings. The van der Waals surface area contributed by atoms with Crippen molar-refractivity contribution >= 4 is 11.9 Å². The van der Waals surface area contributed by atoms with E-state index in [1.807, 2.05) is 12.1 Å². The zero-order valence-corrected chi connectivity index (χ0v) is 13.1. The molecule has 0 spiro atoms. The molecule has 0 saturated carbocycles. The lowest BCUT2D eigenvalue weighted by atomic mass is 9.83. The van der Waals surface area contributed by atoms with E-state index in [4.69, 9.17) is 0 Å². The molecule has 4 heteroatoms. The Morgan fingerprint density at radius 2 is 1.57 bits per heavy atom. The first-order valence-corrected chi connectivity index (χ1v) is 7.33. The first-order chi connectivity index (χ1) is 9.75. The Morgan fingerprint density at radius 3 is 2.05 bits per heavy atom. The van der Waals surface area contributed by atoms with Gasteiger partial charge in [0.25, 0.3) is 0 Å². The van der Waals surface area contributed by atoms with Gasteiger partial charge in [-0.05, 0) is 49.3 Å². The van der Waals surface area contributed by atoms with Gasteiger partial charge in [0.05, 0.1) is 11.8 Å². The Labute approximate surface area is 125 Å². The second-order valence-electron chi connectivity index (χ2n) is 5.97. The predicted octanol–water partition coefficient (Wildman–Crippen LogP) is 3.65. The largest absolute Gasteiger partial charge is 0.481 e. The van der Waals surface area contributed by atoms with Crippen molar-refractivity contribution in [3.05, 3.63) is 34.9 Å². The summed E-state index contributed by atoms with van der Waals surface area (Å²) in [6.07, 6.45) is 1.72. The molecular formula is C17H24O4. The fraction of sp³-hybridized carbons (Fsp3) is 0.529. The molecule has 0 aromatic heterocycles. The summed E-state index contributed by atoms with van der Waals surface area (Å²) in [5.41, 5.74) is 2.23. The average Bonchev–Trinajstić information content (AvgIpc) is 2.42. The van der Waals surface area contributed by atoms with E-state index in [0.717, 1.165) is 18.4 Å². The molecule has 1 rings (SSSR count). The van der Waals surface area contributed by atoms with Crippen LogP contribution < -0.4 is 0 Å². The molecule has 0 fully saturated rings. The maximum atomic E-state index is 11.4. The van der Waals surface area contributed by atoms with Gasteiger partial charge in [0.2, 0.25) is 0 Å². The molecule has 0 aliphatic heterocycles. The highest BCUT2D eigenvalue weighted by Gasteiger charge is 2.26. The number of carboxylic acid groups (broad SMARTS) is 2. The van der Waals surface area contributed by atoms with Crippen LogP contribution in [0.4, 0.5) is 0 Å². The third-order valence-corrected chi connectivity index (χ3v) is 3.86. The molecule has 0 aliphatic carbocycles. The third kappa shape index (κ3) is 4.31. The molecular weight excluding hydrogens is 268 g/mol. The minimum Gasteiger partial charge on any atom is -0.481 e. The van der Waals surface area contributed by atoms with E-state index in [1.54, 1.807) is 19.9 Å². The number of hydrogen-bond acceptors (Lipinski definition) is 2. The van der Waals surface area contributed by atoms with Gasteiger partial charge in [-0.15, -0.1) is 0 Å². The molecule has 2 atom stereocenters. The molecule has 21 heavy (non-hydrogen) atoms. The molecule has 0 bridgehead atoms. The SMILES string of the molecule is CC(C)CCc1cccc(C(C)C(=O)O)c1C(C)C(=O)O. The molecule has 2 unspecified atom stereocenters. The van der Waals surface area contributed by atoms with Gasteiger partial charge in [0, 0.05) is 0 Å². The van der Waals surface area contributed by atoms with Crippen molar-refractivity contribution in [1.29, 1.82) is 0 Å². The first kappa shape index (κ1) is 17.2. The lowest BCUT2D eigenvalue weighted by Crippen LogP contribution is -2.17. The molecule has 4 nitrogen and oxygen atoms in total. The topological polar surface area (TPSA) is 74.6 Å². The van der Waals surface area contributed by atoms with Gasteiger partial charge in [-0.2, -0.15) is 0 Å². The number of rotatable bonds is 7. The third-order valence-electron chi connectivity index (χ3n) is 3.86. The van der Waals surface area contributed by atoms with E-state index in [9.17, 15) is 19.8 Å². The number of benzene rings is 1. The Morgan fingerprint density at radius 1 is 1.00 bits per heavy atom. The minimum absolute atomic E-state index is 0.513. The lowest BCUT2D eigenvalue weighted by Gasteiger charge is -2.21. The zero-order chi connectivity index (χ0) is 16.2. The zero-order valence-electron chi connectivity index (χ0n) is 13.1. The van der Waals surface area contributed by atoms with Crippen molar-refractivity contribution in [3.63, 3.8) is 0 Å². The fourth-order valence-electron chi connectivity index (χ4n) is 2.46. The molecule has 0 radical (unpaired) electrons. The highest BCUT2D eigenvalue weighted by atomic mass is 16.4. The molecule has 0 heterocycles. The lowest BCUT2D eigenvalue weighted by molar-refractivity contribution is -0.140. The maximum absolute atomic E-state index is 11.4. The number of carboxylic acids is 2. The Balaban J connectivity index is 3.33. The number of aliphatic carboxylic acids is 2. The van der Waals surface area contributed by atoms with Crippen LogP contribution in [-0.4, -0.2) is 22.2 Å². The van der Waals surface area contributed by atoms with Gasteiger partial charge in [-0.25, -0.2) is 0 Å². The van der Waals surface area contributed by atoms with E-state index in [1.165, 1.54) is 0 Å². The monoisotopic (exact) mass is 292 g/mol. The van der Waals surface area contributed by atoms with E-state index in [-0.39, 0.29) is 0 Å². The second-order valence-corrected chi connectivity index (χ2v) is 5.97. The predicted molar refractivity (Wildman–Crippen MR) is 81.7 cm³/mol. The highest BCUT2D eigenvalue weighted by Crippen LogP contribution is 2.31. The van der Waals surface area contributed by atoms with Gasteiger partial charge in [0.1, 0.15) is 0 Å². The average molecular weight is 292 g/mol. The summed E-state index contributed by atoms with van der Waals surface area (Å²) < 4.78 is 0. The summed E-state index contributed by atoms with van der Waals surface area (Å²) in [5.74, 6) is -2.76. The molecule has 2 N–H and O–H groups in total. The summed E-state index contributed by atoms with van der Waals surface area (Å²) in [6, 6.07) is 5.46. The molecule has 0 saturated heterocycles. The van der Waals surface area contributed by atoms with Crippen LogP contribution in [0.5, 0.6) is 0 Å². The number of aryl methyl sites for hydroxylation is 1. The number of hydrogen-bond donors (Lipinski definition) is 2. The van der Waals surface area contributed by atoms with E-state index in [0.29, 0.717) is 17.0 Å². The normalized spacial score (nSPS) is 14.0. The molecule has 1 aromatic carbocycles. The van der Waals surface area contributed by atoms with Crippen molar-refractivity contribution < 1.29 is 19.8 Å². The van der Waals surface area contributed by atoms with Crippen LogP contribution in [0.2, 0.25) is 0 Å². The summed E-state index contributed by atoms with van der Waals surface area (Å²) in [4.78, 5) is 22.7. The smallest absolute Gasteiger partial charge is 0.310 e. The van der Waals surface area contributed by atoms with Crippen LogP contribution in [0.3, 0.4) is 0 Å². The van der Waals surface area contributed by atoms with E-state index in [2.05, 4.69) is 13.8 Å². The standard InChI is InChI=1S/C17H24O4/c1-10(2)8-9-13-6-5-7-14(11(3)16(18)19)15(13)12(4)17(20)21/h5-7,10-12H,8-9H2,1-4H3,(H,18,19)(H,20,21). The molecule has 0 amide bonds. The summed E-state index contributed by atoms with van der Waals surface area (Å²) >= 11 is 0. The van der Waals surface area contributed by atoms with Crippen LogP contribution in [-0.2, 0) is 16.0 Å².